The van der Waals surface area contributed by atoms with Crippen LogP contribution in [0.3, 0.4) is 0 Å². The Morgan fingerprint density at radius 3 is 2.25 bits per heavy atom. The molecular weight excluding hydrogens is 315 g/mol. The molecule has 0 atom stereocenters. The Morgan fingerprint density at radius 1 is 1.19 bits per heavy atom. The van der Waals surface area contributed by atoms with Crippen molar-refractivity contribution in [3.05, 3.63) is 3.83 Å². The van der Waals surface area contributed by atoms with Gasteiger partial charge < -0.3 is 0 Å². The molecule has 0 amide bonds. The van der Waals surface area contributed by atoms with Gasteiger partial charge in [-0.3, -0.25) is 0 Å². The average molecular weight is 334 g/mol. The highest BCUT2D eigenvalue weighted by Gasteiger charge is 2.31. The number of hydrogen-bond donors (Lipinski definition) is 0. The first-order valence-electron chi connectivity index (χ1n) is 5.92. The molecule has 1 heterocycles. The molecular formula is C11H19IN4. The summed E-state index contributed by atoms with van der Waals surface area (Å²) in [6.07, 6.45) is 5.01. The maximum atomic E-state index is 4.07. The molecule has 0 N–H and O–H groups in total. The van der Waals surface area contributed by atoms with E-state index in [-0.39, 0.29) is 0 Å². The van der Waals surface area contributed by atoms with Crippen LogP contribution >= 0.6 is 22.6 Å². The molecule has 0 aliphatic heterocycles. The smallest absolute Gasteiger partial charge is 0.212 e. The van der Waals surface area contributed by atoms with E-state index in [1.807, 2.05) is 4.68 Å². The number of rotatable bonds is 1. The summed E-state index contributed by atoms with van der Waals surface area (Å²) >= 11 is 2.21. The quantitative estimate of drug-likeness (QED) is 0.742. The van der Waals surface area contributed by atoms with E-state index in [1.54, 1.807) is 0 Å². The Balaban J connectivity index is 1.98. The largest absolute Gasteiger partial charge is 0.218 e. The fourth-order valence-electron chi connectivity index (χ4n) is 2.59. The minimum Gasteiger partial charge on any atom is -0.218 e. The Morgan fingerprint density at radius 2 is 1.81 bits per heavy atom. The molecule has 1 aliphatic rings. The van der Waals surface area contributed by atoms with E-state index in [0.29, 0.717) is 11.5 Å². The second-order valence-electron chi connectivity index (χ2n) is 5.76. The lowest BCUT2D eigenvalue weighted by molar-refractivity contribution is 0.146. The van der Waals surface area contributed by atoms with Gasteiger partial charge in [0, 0.05) is 22.6 Å². The minimum atomic E-state index is 0.443. The van der Waals surface area contributed by atoms with Crippen molar-refractivity contribution in [2.24, 2.45) is 11.3 Å². The number of hydrogen-bond acceptors (Lipinski definition) is 3. The molecule has 0 bridgehead atoms. The zero-order chi connectivity index (χ0) is 11.8. The highest BCUT2D eigenvalue weighted by Crippen LogP contribution is 2.41. The zero-order valence-corrected chi connectivity index (χ0v) is 12.3. The SMILES string of the molecule is CC(C)(C)C1CCC(n2nnnc2I)CC1. The molecule has 1 aliphatic carbocycles. The summed E-state index contributed by atoms with van der Waals surface area (Å²) in [4.78, 5) is 0. The Labute approximate surface area is 110 Å². The predicted molar refractivity (Wildman–Crippen MR) is 71.0 cm³/mol. The maximum Gasteiger partial charge on any atom is 0.212 e. The van der Waals surface area contributed by atoms with Crippen molar-refractivity contribution in [1.82, 2.24) is 20.2 Å². The van der Waals surface area contributed by atoms with Crippen molar-refractivity contribution in [2.75, 3.05) is 0 Å². The summed E-state index contributed by atoms with van der Waals surface area (Å²) in [6, 6.07) is 0.514. The van der Waals surface area contributed by atoms with Crippen molar-refractivity contribution in [2.45, 2.75) is 52.5 Å². The lowest BCUT2D eigenvalue weighted by atomic mass is 9.71. The highest BCUT2D eigenvalue weighted by atomic mass is 127. The number of aromatic nitrogens is 4. The Kier molecular flexibility index (Phi) is 3.51. The van der Waals surface area contributed by atoms with Crippen molar-refractivity contribution in [3.8, 4) is 0 Å². The van der Waals surface area contributed by atoms with E-state index < -0.39 is 0 Å². The molecule has 5 heteroatoms. The molecule has 1 aromatic rings. The molecule has 1 fully saturated rings. The van der Waals surface area contributed by atoms with Crippen LogP contribution in [-0.2, 0) is 0 Å². The van der Waals surface area contributed by atoms with Crippen LogP contribution in [0.2, 0.25) is 0 Å². The van der Waals surface area contributed by atoms with Crippen molar-refractivity contribution in [3.63, 3.8) is 0 Å². The van der Waals surface area contributed by atoms with Crippen LogP contribution in [0.25, 0.3) is 0 Å². The molecule has 0 saturated heterocycles. The van der Waals surface area contributed by atoms with Crippen LogP contribution < -0.4 is 0 Å². The van der Waals surface area contributed by atoms with Gasteiger partial charge in [-0.15, -0.1) is 5.10 Å². The van der Waals surface area contributed by atoms with Crippen molar-refractivity contribution < 1.29 is 0 Å². The van der Waals surface area contributed by atoms with Crippen LogP contribution in [0.5, 0.6) is 0 Å². The molecule has 0 aromatic carbocycles. The van der Waals surface area contributed by atoms with Gasteiger partial charge in [-0.1, -0.05) is 20.8 Å². The Hall–Kier alpha value is -0.200. The van der Waals surface area contributed by atoms with Crippen LogP contribution in [0, 0.1) is 15.2 Å². The fraction of sp³-hybridized carbons (Fsp3) is 0.909. The normalized spacial score (nSPS) is 27.0. The lowest BCUT2D eigenvalue weighted by Crippen LogP contribution is -2.27. The number of nitrogens with zero attached hydrogens (tertiary/aromatic N) is 4. The second kappa shape index (κ2) is 4.58. The van der Waals surface area contributed by atoms with Gasteiger partial charge in [-0.25, -0.2) is 4.68 Å². The molecule has 1 aromatic heterocycles. The standard InChI is InChI=1S/C11H19IN4/c1-11(2,3)8-4-6-9(7-5-8)16-10(12)13-14-15-16/h8-9H,4-7H2,1-3H3. The van der Waals surface area contributed by atoms with E-state index >= 15 is 0 Å². The van der Waals surface area contributed by atoms with E-state index in [0.717, 1.165) is 9.75 Å². The monoisotopic (exact) mass is 334 g/mol. The van der Waals surface area contributed by atoms with Crippen LogP contribution in [0.1, 0.15) is 52.5 Å². The second-order valence-corrected chi connectivity index (χ2v) is 6.73. The predicted octanol–water partition coefficient (Wildman–Crippen LogP) is 3.06. The van der Waals surface area contributed by atoms with Gasteiger partial charge in [0.1, 0.15) is 0 Å². The fourth-order valence-corrected chi connectivity index (χ4v) is 3.18. The van der Waals surface area contributed by atoms with E-state index in [1.165, 1.54) is 25.7 Å². The molecule has 0 unspecified atom stereocenters. The molecule has 0 radical (unpaired) electrons. The summed E-state index contributed by atoms with van der Waals surface area (Å²) in [6.45, 7) is 7.04. The van der Waals surface area contributed by atoms with Crippen LogP contribution in [-0.4, -0.2) is 20.2 Å². The van der Waals surface area contributed by atoms with Crippen molar-refractivity contribution in [1.29, 1.82) is 0 Å². The first-order chi connectivity index (χ1) is 7.48. The topological polar surface area (TPSA) is 43.6 Å². The third-order valence-electron chi connectivity index (χ3n) is 3.72. The molecule has 16 heavy (non-hydrogen) atoms. The van der Waals surface area contributed by atoms with Gasteiger partial charge >= 0.3 is 0 Å². The maximum absolute atomic E-state index is 4.07. The molecule has 1 saturated carbocycles. The molecule has 4 nitrogen and oxygen atoms in total. The molecule has 2 rings (SSSR count). The van der Waals surface area contributed by atoms with E-state index in [2.05, 4.69) is 58.9 Å². The Bertz CT molecular complexity index is 347. The van der Waals surface area contributed by atoms with E-state index in [4.69, 9.17) is 0 Å². The summed E-state index contributed by atoms with van der Waals surface area (Å²) in [7, 11) is 0. The van der Waals surface area contributed by atoms with Gasteiger partial charge in [0.2, 0.25) is 3.83 Å². The molecule has 0 spiro atoms. The third kappa shape index (κ3) is 2.55. The third-order valence-corrected chi connectivity index (χ3v) is 4.43. The first kappa shape index (κ1) is 12.3. The van der Waals surface area contributed by atoms with Crippen LogP contribution in [0.15, 0.2) is 0 Å². The van der Waals surface area contributed by atoms with Gasteiger partial charge in [0.05, 0.1) is 6.04 Å². The first-order valence-corrected chi connectivity index (χ1v) is 6.99. The summed E-state index contributed by atoms with van der Waals surface area (Å²) in [5.41, 5.74) is 0.443. The van der Waals surface area contributed by atoms with Crippen LogP contribution in [0.4, 0.5) is 0 Å². The van der Waals surface area contributed by atoms with Gasteiger partial charge in [0.15, 0.2) is 0 Å². The number of tetrazole rings is 1. The zero-order valence-electron chi connectivity index (χ0n) is 10.1. The summed E-state index contributed by atoms with van der Waals surface area (Å²) in [5.74, 6) is 0.845. The highest BCUT2D eigenvalue weighted by molar-refractivity contribution is 14.1. The van der Waals surface area contributed by atoms with Gasteiger partial charge in [0.25, 0.3) is 0 Å². The molecule has 90 valence electrons. The minimum absolute atomic E-state index is 0.443. The summed E-state index contributed by atoms with van der Waals surface area (Å²) < 4.78 is 2.90. The average Bonchev–Trinajstić information content (AvgIpc) is 2.63. The lowest BCUT2D eigenvalue weighted by Gasteiger charge is -2.36. The van der Waals surface area contributed by atoms with Gasteiger partial charge in [-0.2, -0.15) is 0 Å². The van der Waals surface area contributed by atoms with E-state index in [9.17, 15) is 0 Å². The van der Waals surface area contributed by atoms with Crippen molar-refractivity contribution >= 4 is 22.6 Å². The van der Waals surface area contributed by atoms with Gasteiger partial charge in [-0.05, 0) is 47.4 Å². The summed E-state index contributed by atoms with van der Waals surface area (Å²) in [5, 5.41) is 11.7. The number of halogens is 1.